The Kier molecular flexibility index (Phi) is 4.50. The number of carbonyl (C=O) groups is 1. The van der Waals surface area contributed by atoms with Gasteiger partial charge in [0, 0.05) is 30.3 Å². The molecule has 4 nitrogen and oxygen atoms in total. The van der Waals surface area contributed by atoms with Gasteiger partial charge in [0.05, 0.1) is 0 Å². The van der Waals surface area contributed by atoms with E-state index in [0.29, 0.717) is 12.1 Å². The average Bonchev–Trinajstić information content (AvgIpc) is 2.84. The first-order valence-electron chi connectivity index (χ1n) is 6.54. The summed E-state index contributed by atoms with van der Waals surface area (Å²) in [4.78, 5) is 10.9. The van der Waals surface area contributed by atoms with Gasteiger partial charge in [-0.25, -0.2) is 4.39 Å². The van der Waals surface area contributed by atoms with Crippen LogP contribution in [0.4, 0.5) is 4.39 Å². The lowest BCUT2D eigenvalue weighted by atomic mass is 10.0. The van der Waals surface area contributed by atoms with Crippen LogP contribution in [0.15, 0.2) is 18.2 Å². The molecule has 1 saturated carbocycles. The van der Waals surface area contributed by atoms with Crippen LogP contribution in [-0.2, 0) is 6.54 Å². The molecular weight excluding hydrogens is 247 g/mol. The summed E-state index contributed by atoms with van der Waals surface area (Å²) in [6, 6.07) is 4.50. The van der Waals surface area contributed by atoms with Crippen LogP contribution in [0.1, 0.15) is 35.2 Å². The van der Waals surface area contributed by atoms with Crippen LogP contribution in [0.2, 0.25) is 0 Å². The maximum atomic E-state index is 13.8. The van der Waals surface area contributed by atoms with E-state index in [1.54, 1.807) is 6.07 Å². The summed E-state index contributed by atoms with van der Waals surface area (Å²) in [5.41, 5.74) is 5.78. The van der Waals surface area contributed by atoms with Crippen molar-refractivity contribution in [2.75, 3.05) is 6.61 Å². The van der Waals surface area contributed by atoms with Gasteiger partial charge in [0.1, 0.15) is 5.82 Å². The molecule has 0 spiro atoms. The first-order valence-corrected chi connectivity index (χ1v) is 6.54. The van der Waals surface area contributed by atoms with E-state index in [-0.39, 0.29) is 24.1 Å². The molecule has 0 heterocycles. The zero-order valence-corrected chi connectivity index (χ0v) is 10.7. The molecule has 4 N–H and O–H groups in total. The van der Waals surface area contributed by atoms with E-state index in [2.05, 4.69) is 5.32 Å². The van der Waals surface area contributed by atoms with Gasteiger partial charge in [0.2, 0.25) is 5.91 Å². The second kappa shape index (κ2) is 6.12. The number of amides is 1. The number of carbonyl (C=O) groups excluding carboxylic acids is 1. The fourth-order valence-electron chi connectivity index (χ4n) is 2.61. The van der Waals surface area contributed by atoms with Crippen LogP contribution in [0, 0.1) is 11.7 Å². The minimum atomic E-state index is -0.630. The van der Waals surface area contributed by atoms with Crippen LogP contribution in [0.25, 0.3) is 0 Å². The molecule has 1 aromatic rings. The first kappa shape index (κ1) is 14.0. The number of hydrogen-bond acceptors (Lipinski definition) is 3. The van der Waals surface area contributed by atoms with Crippen molar-refractivity contribution in [3.63, 3.8) is 0 Å². The van der Waals surface area contributed by atoms with Gasteiger partial charge in [-0.05, 0) is 30.9 Å². The molecule has 0 aromatic heterocycles. The van der Waals surface area contributed by atoms with E-state index in [4.69, 9.17) is 5.73 Å². The summed E-state index contributed by atoms with van der Waals surface area (Å²) in [5.74, 6) is -0.801. The Labute approximate surface area is 111 Å². The van der Waals surface area contributed by atoms with E-state index in [0.717, 1.165) is 25.3 Å². The third-order valence-corrected chi connectivity index (χ3v) is 3.79. The lowest BCUT2D eigenvalue weighted by Crippen LogP contribution is -2.33. The number of aliphatic hydroxyl groups excluding tert-OH is 1. The number of nitrogens with one attached hydrogen (secondary N) is 1. The minimum absolute atomic E-state index is 0.167. The molecule has 2 unspecified atom stereocenters. The molecule has 2 atom stereocenters. The van der Waals surface area contributed by atoms with E-state index in [1.807, 2.05) is 0 Å². The van der Waals surface area contributed by atoms with E-state index in [1.165, 1.54) is 6.07 Å². The molecule has 1 fully saturated rings. The van der Waals surface area contributed by atoms with Crippen molar-refractivity contribution in [1.29, 1.82) is 0 Å². The van der Waals surface area contributed by atoms with Crippen LogP contribution >= 0.6 is 0 Å². The van der Waals surface area contributed by atoms with E-state index >= 15 is 0 Å². The van der Waals surface area contributed by atoms with E-state index in [9.17, 15) is 14.3 Å². The molecule has 0 radical (unpaired) electrons. The van der Waals surface area contributed by atoms with Gasteiger partial charge in [-0.1, -0.05) is 12.5 Å². The molecule has 19 heavy (non-hydrogen) atoms. The minimum Gasteiger partial charge on any atom is -0.396 e. The molecule has 1 aliphatic carbocycles. The molecular formula is C14H19FN2O2. The highest BCUT2D eigenvalue weighted by Gasteiger charge is 2.26. The Hall–Kier alpha value is -1.46. The summed E-state index contributed by atoms with van der Waals surface area (Å²) in [5, 5.41) is 12.5. The van der Waals surface area contributed by atoms with E-state index < -0.39 is 11.7 Å². The van der Waals surface area contributed by atoms with Gasteiger partial charge in [0.25, 0.3) is 0 Å². The summed E-state index contributed by atoms with van der Waals surface area (Å²) in [6.45, 7) is 0.562. The van der Waals surface area contributed by atoms with Crippen molar-refractivity contribution in [3.05, 3.63) is 35.1 Å². The average molecular weight is 266 g/mol. The van der Waals surface area contributed by atoms with Crippen molar-refractivity contribution in [3.8, 4) is 0 Å². The van der Waals surface area contributed by atoms with Gasteiger partial charge in [-0.2, -0.15) is 0 Å². The lowest BCUT2D eigenvalue weighted by Gasteiger charge is -2.19. The normalized spacial score (nSPS) is 22.6. The first-order chi connectivity index (χ1) is 9.11. The largest absolute Gasteiger partial charge is 0.396 e. The summed E-state index contributed by atoms with van der Waals surface area (Å²) >= 11 is 0. The molecule has 0 saturated heterocycles. The maximum absolute atomic E-state index is 13.8. The zero-order chi connectivity index (χ0) is 13.8. The second-order valence-electron chi connectivity index (χ2n) is 5.03. The second-order valence-corrected chi connectivity index (χ2v) is 5.03. The number of benzene rings is 1. The van der Waals surface area contributed by atoms with Gasteiger partial charge in [0.15, 0.2) is 0 Å². The Balaban J connectivity index is 1.98. The van der Waals surface area contributed by atoms with Crippen molar-refractivity contribution in [2.45, 2.75) is 31.8 Å². The van der Waals surface area contributed by atoms with Crippen LogP contribution < -0.4 is 11.1 Å². The predicted molar refractivity (Wildman–Crippen MR) is 70.0 cm³/mol. The van der Waals surface area contributed by atoms with Gasteiger partial charge in [-0.3, -0.25) is 4.79 Å². The Morgan fingerprint density at radius 2 is 2.26 bits per heavy atom. The summed E-state index contributed by atoms with van der Waals surface area (Å²) in [6.07, 6.45) is 3.11. The number of hydrogen-bond donors (Lipinski definition) is 3. The highest BCUT2D eigenvalue weighted by Crippen LogP contribution is 2.25. The van der Waals surface area contributed by atoms with Crippen LogP contribution in [-0.4, -0.2) is 23.7 Å². The number of rotatable bonds is 5. The van der Waals surface area contributed by atoms with Gasteiger partial charge >= 0.3 is 0 Å². The summed E-state index contributed by atoms with van der Waals surface area (Å²) in [7, 11) is 0. The number of halogens is 1. The fourth-order valence-corrected chi connectivity index (χ4v) is 2.61. The van der Waals surface area contributed by atoms with Crippen molar-refractivity contribution < 1.29 is 14.3 Å². The quantitative estimate of drug-likeness (QED) is 0.749. The lowest BCUT2D eigenvalue weighted by molar-refractivity contribution is 0.1000. The van der Waals surface area contributed by atoms with Gasteiger partial charge < -0.3 is 16.2 Å². The monoisotopic (exact) mass is 266 g/mol. The molecule has 0 bridgehead atoms. The van der Waals surface area contributed by atoms with Crippen molar-refractivity contribution in [2.24, 2.45) is 11.7 Å². The molecule has 2 rings (SSSR count). The molecule has 104 valence electrons. The predicted octanol–water partition coefficient (Wildman–Crippen LogP) is 1.18. The smallest absolute Gasteiger partial charge is 0.248 e. The van der Waals surface area contributed by atoms with Crippen LogP contribution in [0.3, 0.4) is 0 Å². The zero-order valence-electron chi connectivity index (χ0n) is 10.7. The standard InChI is InChI=1S/C14H19FN2O2/c15-12-6-9(14(16)19)4-5-10(12)7-17-13-3-1-2-11(13)8-18/h4-6,11,13,17-18H,1-3,7-8H2,(H2,16,19). The Morgan fingerprint density at radius 3 is 2.89 bits per heavy atom. The molecule has 1 amide bonds. The molecule has 5 heteroatoms. The van der Waals surface area contributed by atoms with Crippen molar-refractivity contribution in [1.82, 2.24) is 5.32 Å². The highest BCUT2D eigenvalue weighted by molar-refractivity contribution is 5.92. The third kappa shape index (κ3) is 3.30. The van der Waals surface area contributed by atoms with Crippen LogP contribution in [0.5, 0.6) is 0 Å². The molecule has 1 aliphatic rings. The summed E-state index contributed by atoms with van der Waals surface area (Å²) < 4.78 is 13.8. The Bertz CT molecular complexity index is 465. The topological polar surface area (TPSA) is 75.4 Å². The number of aliphatic hydroxyl groups is 1. The molecule has 0 aliphatic heterocycles. The van der Waals surface area contributed by atoms with Crippen molar-refractivity contribution >= 4 is 5.91 Å². The number of primary amides is 1. The molecule has 1 aromatic carbocycles. The fraction of sp³-hybridized carbons (Fsp3) is 0.500. The third-order valence-electron chi connectivity index (χ3n) is 3.79. The number of nitrogens with two attached hydrogens (primary N) is 1. The Morgan fingerprint density at radius 1 is 1.47 bits per heavy atom. The highest BCUT2D eigenvalue weighted by atomic mass is 19.1. The maximum Gasteiger partial charge on any atom is 0.248 e. The SMILES string of the molecule is NC(=O)c1ccc(CNC2CCCC2CO)c(F)c1. The van der Waals surface area contributed by atoms with Gasteiger partial charge in [-0.15, -0.1) is 0 Å².